The average molecular weight is 406 g/mol. The van der Waals surface area contributed by atoms with Gasteiger partial charge in [0, 0.05) is 13.8 Å². The van der Waals surface area contributed by atoms with E-state index in [0.29, 0.717) is 22.6 Å². The molecule has 0 atom stereocenters. The lowest BCUT2D eigenvalue weighted by Gasteiger charge is -2.01. The Morgan fingerprint density at radius 3 is 1.30 bits per heavy atom. The number of rotatable bonds is 4. The fourth-order valence-corrected chi connectivity index (χ4v) is 2.63. The van der Waals surface area contributed by atoms with E-state index in [2.05, 4.69) is 9.97 Å². The van der Waals surface area contributed by atoms with Gasteiger partial charge in [-0.3, -0.25) is 19.2 Å². The molecule has 0 spiro atoms. The van der Waals surface area contributed by atoms with Crippen LogP contribution in [0.1, 0.15) is 25.0 Å². The molecule has 0 saturated carbocycles. The van der Waals surface area contributed by atoms with Crippen molar-refractivity contribution in [3.63, 3.8) is 0 Å². The summed E-state index contributed by atoms with van der Waals surface area (Å²) >= 11 is 0. The number of benzene rings is 2. The van der Waals surface area contributed by atoms with Crippen molar-refractivity contribution >= 4 is 24.1 Å². The first-order valence-electron chi connectivity index (χ1n) is 8.93. The zero-order chi connectivity index (χ0) is 21.7. The summed E-state index contributed by atoms with van der Waals surface area (Å²) in [6.07, 6.45) is 3.02. The number of carbonyl (C=O) groups excluding carboxylic acids is 2. The van der Waals surface area contributed by atoms with Crippen LogP contribution in [0.3, 0.4) is 0 Å². The molecule has 3 rings (SSSR count). The van der Waals surface area contributed by atoms with E-state index in [-0.39, 0.29) is 10.7 Å². The van der Waals surface area contributed by atoms with Gasteiger partial charge < -0.3 is 19.4 Å². The van der Waals surface area contributed by atoms with E-state index in [9.17, 15) is 19.2 Å². The number of aromatic nitrogens is 2. The molecule has 1 heterocycles. The molecule has 3 aromatic rings. The van der Waals surface area contributed by atoms with Gasteiger partial charge in [0.25, 0.3) is 11.1 Å². The first-order valence-corrected chi connectivity index (χ1v) is 8.93. The highest BCUT2D eigenvalue weighted by atomic mass is 16.5. The second-order valence-corrected chi connectivity index (χ2v) is 6.35. The Labute approximate surface area is 170 Å². The molecule has 0 bridgehead atoms. The molecular weight excluding hydrogens is 388 g/mol. The second kappa shape index (κ2) is 8.87. The Balaban J connectivity index is 1.91. The summed E-state index contributed by atoms with van der Waals surface area (Å²) in [6, 6.07) is 13.0. The molecule has 30 heavy (non-hydrogen) atoms. The molecule has 1 aromatic heterocycles. The summed E-state index contributed by atoms with van der Waals surface area (Å²) in [6.45, 7) is 2.61. The van der Waals surface area contributed by atoms with Crippen LogP contribution in [0, 0.1) is 0 Å². The van der Waals surface area contributed by atoms with Crippen LogP contribution in [-0.4, -0.2) is 21.9 Å². The summed E-state index contributed by atoms with van der Waals surface area (Å²) in [7, 11) is 0. The van der Waals surface area contributed by atoms with E-state index >= 15 is 0 Å². The van der Waals surface area contributed by atoms with Gasteiger partial charge in [0.2, 0.25) is 0 Å². The molecule has 0 aliphatic rings. The van der Waals surface area contributed by atoms with Crippen LogP contribution >= 0.6 is 0 Å². The van der Waals surface area contributed by atoms with Crippen LogP contribution in [-0.2, 0) is 9.59 Å². The topological polar surface area (TPSA) is 118 Å². The standard InChI is InChI=1S/C22H18N2O6/c1-13(25)29-17-7-3-15(4-8-17)11-19-21(27)24-20(22(28)23-19)12-16-5-9-18(10-6-16)30-14(2)26/h3-12H,1-2H3,(H,23,28)(H,24,27)/b19-11-,20-12-. The maximum Gasteiger partial charge on any atom is 0.308 e. The SMILES string of the molecule is CC(=O)Oc1ccc(/C=c2\[nH]c(=O)/c(=C/c3ccc(OC(C)=O)cc3)[nH]c2=O)cc1. The molecule has 2 N–H and O–H groups in total. The summed E-state index contributed by atoms with van der Waals surface area (Å²) in [4.78, 5) is 51.8. The number of nitrogens with one attached hydrogen (secondary N) is 2. The minimum atomic E-state index is -0.471. The van der Waals surface area contributed by atoms with Crippen molar-refractivity contribution in [2.75, 3.05) is 0 Å². The lowest BCUT2D eigenvalue weighted by molar-refractivity contribution is -0.132. The second-order valence-electron chi connectivity index (χ2n) is 6.35. The molecule has 0 fully saturated rings. The highest BCUT2D eigenvalue weighted by Gasteiger charge is 2.01. The van der Waals surface area contributed by atoms with Gasteiger partial charge in [0.1, 0.15) is 22.2 Å². The van der Waals surface area contributed by atoms with Gasteiger partial charge in [-0.05, 0) is 47.5 Å². The van der Waals surface area contributed by atoms with Crippen LogP contribution in [0.15, 0.2) is 58.1 Å². The van der Waals surface area contributed by atoms with Crippen molar-refractivity contribution < 1.29 is 19.1 Å². The molecular formula is C22H18N2O6. The Morgan fingerprint density at radius 1 is 0.667 bits per heavy atom. The first kappa shape index (κ1) is 20.5. The van der Waals surface area contributed by atoms with Gasteiger partial charge >= 0.3 is 11.9 Å². The first-order chi connectivity index (χ1) is 14.3. The zero-order valence-electron chi connectivity index (χ0n) is 16.2. The van der Waals surface area contributed by atoms with Crippen molar-refractivity contribution in [3.8, 4) is 11.5 Å². The van der Waals surface area contributed by atoms with Crippen LogP contribution in [0.25, 0.3) is 12.2 Å². The van der Waals surface area contributed by atoms with Crippen LogP contribution in [0.5, 0.6) is 11.5 Å². The monoisotopic (exact) mass is 406 g/mol. The van der Waals surface area contributed by atoms with Crippen LogP contribution < -0.4 is 31.3 Å². The van der Waals surface area contributed by atoms with Crippen molar-refractivity contribution in [1.29, 1.82) is 0 Å². The van der Waals surface area contributed by atoms with Crippen molar-refractivity contribution in [2.24, 2.45) is 0 Å². The van der Waals surface area contributed by atoms with E-state index in [1.54, 1.807) is 48.5 Å². The fourth-order valence-electron chi connectivity index (χ4n) is 2.63. The predicted molar refractivity (Wildman–Crippen MR) is 110 cm³/mol. The summed E-state index contributed by atoms with van der Waals surface area (Å²) in [5.74, 6) is -0.0980. The van der Waals surface area contributed by atoms with E-state index in [1.165, 1.54) is 26.0 Å². The molecule has 0 radical (unpaired) electrons. The number of H-pyrrole nitrogens is 2. The van der Waals surface area contributed by atoms with E-state index < -0.39 is 23.1 Å². The van der Waals surface area contributed by atoms with E-state index in [4.69, 9.17) is 9.47 Å². The van der Waals surface area contributed by atoms with Crippen molar-refractivity contribution in [1.82, 2.24) is 9.97 Å². The predicted octanol–water partition coefficient (Wildman–Crippen LogP) is 0.571. The Kier molecular flexibility index (Phi) is 6.07. The number of ether oxygens (including phenoxy) is 2. The van der Waals surface area contributed by atoms with Gasteiger partial charge in [0.05, 0.1) is 0 Å². The van der Waals surface area contributed by atoms with Crippen molar-refractivity contribution in [3.05, 3.63) is 91.1 Å². The average Bonchev–Trinajstić information content (AvgIpc) is 2.68. The van der Waals surface area contributed by atoms with Crippen LogP contribution in [0.4, 0.5) is 0 Å². The van der Waals surface area contributed by atoms with Gasteiger partial charge in [-0.15, -0.1) is 0 Å². The third-order valence-electron chi connectivity index (χ3n) is 3.89. The molecule has 8 nitrogen and oxygen atoms in total. The van der Waals surface area contributed by atoms with Crippen molar-refractivity contribution in [2.45, 2.75) is 13.8 Å². The quantitative estimate of drug-likeness (QED) is 0.483. The summed E-state index contributed by atoms with van der Waals surface area (Å²) < 4.78 is 9.91. The van der Waals surface area contributed by atoms with Gasteiger partial charge in [-0.2, -0.15) is 0 Å². The third-order valence-corrected chi connectivity index (χ3v) is 3.89. The van der Waals surface area contributed by atoms with E-state index in [0.717, 1.165) is 0 Å². The molecule has 0 saturated heterocycles. The number of carbonyl (C=O) groups is 2. The smallest absolute Gasteiger partial charge is 0.308 e. The number of aromatic amines is 2. The number of hydrogen-bond donors (Lipinski definition) is 2. The molecule has 152 valence electrons. The lowest BCUT2D eigenvalue weighted by Crippen LogP contribution is -2.46. The number of hydrogen-bond acceptors (Lipinski definition) is 6. The molecule has 8 heteroatoms. The summed E-state index contributed by atoms with van der Waals surface area (Å²) in [5.41, 5.74) is 0.345. The third kappa shape index (κ3) is 5.41. The maximum absolute atomic E-state index is 12.4. The maximum atomic E-state index is 12.4. The normalized spacial score (nSPS) is 11.9. The largest absolute Gasteiger partial charge is 0.427 e. The Bertz CT molecular complexity index is 1210. The zero-order valence-corrected chi connectivity index (χ0v) is 16.2. The molecule has 0 aliphatic carbocycles. The molecule has 0 aliphatic heterocycles. The highest BCUT2D eigenvalue weighted by Crippen LogP contribution is 2.13. The van der Waals surface area contributed by atoms with Gasteiger partial charge in [0.15, 0.2) is 0 Å². The Hall–Kier alpha value is -4.20. The van der Waals surface area contributed by atoms with Crippen LogP contribution in [0.2, 0.25) is 0 Å². The highest BCUT2D eigenvalue weighted by molar-refractivity contribution is 5.70. The minimum Gasteiger partial charge on any atom is -0.427 e. The van der Waals surface area contributed by atoms with E-state index in [1.807, 2.05) is 0 Å². The molecule has 0 unspecified atom stereocenters. The fraction of sp³-hybridized carbons (Fsp3) is 0.0909. The number of esters is 2. The minimum absolute atomic E-state index is 0.0857. The Morgan fingerprint density at radius 2 is 1.00 bits per heavy atom. The van der Waals surface area contributed by atoms with Gasteiger partial charge in [-0.25, -0.2) is 0 Å². The summed E-state index contributed by atoms with van der Waals surface area (Å²) in [5, 5.41) is 0.171. The molecule has 0 amide bonds. The molecule has 2 aromatic carbocycles. The lowest BCUT2D eigenvalue weighted by atomic mass is 10.2. The van der Waals surface area contributed by atoms with Gasteiger partial charge in [-0.1, -0.05) is 24.3 Å².